The number of para-hydroxylation sites is 1. The molecule has 3 heterocycles. The van der Waals surface area contributed by atoms with E-state index in [4.69, 9.17) is 9.40 Å². The summed E-state index contributed by atoms with van der Waals surface area (Å²) in [4.78, 5) is 17.7. The normalized spacial score (nSPS) is 17.9. The smallest absolute Gasteiger partial charge is 0.345 e. The zero-order valence-electron chi connectivity index (χ0n) is 21.2. The Balaban J connectivity index is 1.30. The van der Waals surface area contributed by atoms with Gasteiger partial charge < -0.3 is 4.42 Å². The molecule has 0 saturated carbocycles. The Bertz CT molecular complexity index is 1860. The predicted octanol–water partition coefficient (Wildman–Crippen LogP) is 7.78. The highest BCUT2D eigenvalue weighted by Crippen LogP contribution is 2.46. The molecule has 7 rings (SSSR count). The number of hydrogen-bond donors (Lipinski definition) is 1. The molecule has 1 aliphatic heterocycles. The van der Waals surface area contributed by atoms with E-state index >= 15 is 0 Å². The lowest BCUT2D eigenvalue weighted by Gasteiger charge is -2.26. The standard InChI is InChI=1S/C32H23F2N3O2S/c33-23-12-8-19(9-13-23)16-22-5-3-6-25-29(22)36-37(30(25)20-10-14-24(34)15-11-20)32-35-27(18-40-32)26-17-21-4-1-2-7-28(21)39-31(26)38/h1-2,4,7-18,30,36H,3,5-6H2/b22-16+/t30-/m1/s1. The number of hydrogen-bond acceptors (Lipinski definition) is 6. The van der Waals surface area contributed by atoms with Gasteiger partial charge in [0.15, 0.2) is 0 Å². The molecule has 0 fully saturated rings. The van der Waals surface area contributed by atoms with Crippen LogP contribution in [0.3, 0.4) is 0 Å². The summed E-state index contributed by atoms with van der Waals surface area (Å²) in [7, 11) is 0. The van der Waals surface area contributed by atoms with Gasteiger partial charge in [0, 0.05) is 10.8 Å². The number of fused-ring (bicyclic) bond motifs is 1. The van der Waals surface area contributed by atoms with Gasteiger partial charge in [-0.25, -0.2) is 23.6 Å². The lowest BCUT2D eigenvalue weighted by atomic mass is 9.86. The lowest BCUT2D eigenvalue weighted by molar-refractivity contribution is 0.563. The number of allylic oxidation sites excluding steroid dienone is 1. The third-order valence-corrected chi connectivity index (χ3v) is 8.21. The Morgan fingerprint density at radius 1 is 0.975 bits per heavy atom. The van der Waals surface area contributed by atoms with E-state index in [0.717, 1.165) is 47.0 Å². The highest BCUT2D eigenvalue weighted by molar-refractivity contribution is 7.14. The molecule has 0 radical (unpaired) electrons. The van der Waals surface area contributed by atoms with Crippen molar-refractivity contribution in [1.82, 2.24) is 10.4 Å². The molecule has 2 aromatic heterocycles. The molecule has 0 bridgehead atoms. The van der Waals surface area contributed by atoms with Crippen molar-refractivity contribution in [3.05, 3.63) is 134 Å². The minimum absolute atomic E-state index is 0.209. The Hall–Kier alpha value is -4.56. The van der Waals surface area contributed by atoms with Crippen molar-refractivity contribution in [1.29, 1.82) is 0 Å². The number of aromatic nitrogens is 1. The molecule has 0 amide bonds. The number of halogens is 2. The molecule has 40 heavy (non-hydrogen) atoms. The van der Waals surface area contributed by atoms with E-state index in [9.17, 15) is 13.6 Å². The van der Waals surface area contributed by atoms with Gasteiger partial charge in [0.05, 0.1) is 17.0 Å². The fraction of sp³-hybridized carbons (Fsp3) is 0.125. The second-order valence-electron chi connectivity index (χ2n) is 9.91. The number of nitrogens with zero attached hydrogens (tertiary/aromatic N) is 2. The van der Waals surface area contributed by atoms with E-state index in [0.29, 0.717) is 22.0 Å². The minimum Gasteiger partial charge on any atom is -0.422 e. The van der Waals surface area contributed by atoms with Crippen molar-refractivity contribution in [3.8, 4) is 11.3 Å². The maximum absolute atomic E-state index is 13.9. The minimum atomic E-state index is -0.443. The van der Waals surface area contributed by atoms with Gasteiger partial charge in [-0.2, -0.15) is 0 Å². The molecular weight excluding hydrogens is 528 g/mol. The number of rotatable bonds is 4. The summed E-state index contributed by atoms with van der Waals surface area (Å²) >= 11 is 1.42. The summed E-state index contributed by atoms with van der Waals surface area (Å²) in [5.41, 5.74) is 9.77. The molecule has 1 N–H and O–H groups in total. The average Bonchev–Trinajstić information content (AvgIpc) is 3.60. The van der Waals surface area contributed by atoms with Gasteiger partial charge in [-0.15, -0.1) is 11.3 Å². The maximum Gasteiger partial charge on any atom is 0.345 e. The monoisotopic (exact) mass is 551 g/mol. The van der Waals surface area contributed by atoms with Gasteiger partial charge in [0.1, 0.15) is 23.3 Å². The van der Waals surface area contributed by atoms with Crippen molar-refractivity contribution in [2.75, 3.05) is 5.01 Å². The SMILES string of the molecule is O=c1oc2ccccc2cc1-c1csc(N2NC3=C(CCC/C3=C\c3ccc(F)cc3)[C@H]2c2ccc(F)cc2)n1. The summed E-state index contributed by atoms with van der Waals surface area (Å²) in [5.74, 6) is -0.567. The molecule has 5 nitrogen and oxygen atoms in total. The van der Waals surface area contributed by atoms with Crippen LogP contribution in [0.15, 0.2) is 110 Å². The van der Waals surface area contributed by atoms with Crippen LogP contribution in [0, 0.1) is 11.6 Å². The van der Waals surface area contributed by atoms with Gasteiger partial charge in [-0.1, -0.05) is 42.5 Å². The first-order chi connectivity index (χ1) is 19.5. The van der Waals surface area contributed by atoms with Crippen LogP contribution in [0.25, 0.3) is 28.3 Å². The van der Waals surface area contributed by atoms with Crippen LogP contribution in [0.2, 0.25) is 0 Å². The Kier molecular flexibility index (Phi) is 6.04. The Labute approximate surface area is 232 Å². The molecule has 3 aromatic carbocycles. The number of benzene rings is 3. The van der Waals surface area contributed by atoms with Gasteiger partial charge in [0.2, 0.25) is 5.13 Å². The summed E-state index contributed by atoms with van der Waals surface area (Å²) in [5, 5.41) is 5.35. The molecule has 0 unspecified atom stereocenters. The van der Waals surface area contributed by atoms with Crippen LogP contribution >= 0.6 is 11.3 Å². The molecule has 0 spiro atoms. The first-order valence-electron chi connectivity index (χ1n) is 13.0. The van der Waals surface area contributed by atoms with Gasteiger partial charge in [-0.05, 0) is 84.0 Å². The van der Waals surface area contributed by atoms with Gasteiger partial charge in [0.25, 0.3) is 0 Å². The summed E-state index contributed by atoms with van der Waals surface area (Å²) in [6, 6.07) is 22.0. The van der Waals surface area contributed by atoms with Crippen molar-refractivity contribution in [3.63, 3.8) is 0 Å². The fourth-order valence-corrected chi connectivity index (χ4v) is 6.29. The van der Waals surface area contributed by atoms with Crippen LogP contribution < -0.4 is 16.1 Å². The van der Waals surface area contributed by atoms with Crippen molar-refractivity contribution in [2.45, 2.75) is 25.3 Å². The molecule has 198 valence electrons. The van der Waals surface area contributed by atoms with Crippen LogP contribution in [0.5, 0.6) is 0 Å². The van der Waals surface area contributed by atoms with E-state index in [-0.39, 0.29) is 17.7 Å². The summed E-state index contributed by atoms with van der Waals surface area (Å²) in [6.07, 6.45) is 4.78. The van der Waals surface area contributed by atoms with Crippen LogP contribution in [0.4, 0.5) is 13.9 Å². The van der Waals surface area contributed by atoms with Crippen LogP contribution in [-0.2, 0) is 0 Å². The number of nitrogens with one attached hydrogen (secondary N) is 1. The number of hydrazine groups is 1. The molecule has 8 heteroatoms. The van der Waals surface area contributed by atoms with E-state index in [1.807, 2.05) is 34.7 Å². The molecule has 1 aliphatic carbocycles. The molecule has 1 atom stereocenters. The van der Waals surface area contributed by atoms with Crippen molar-refractivity contribution >= 4 is 33.5 Å². The summed E-state index contributed by atoms with van der Waals surface area (Å²) < 4.78 is 32.9. The second kappa shape index (κ2) is 9.88. The van der Waals surface area contributed by atoms with E-state index in [1.165, 1.54) is 41.2 Å². The highest BCUT2D eigenvalue weighted by atomic mass is 32.1. The third kappa shape index (κ3) is 4.40. The van der Waals surface area contributed by atoms with Gasteiger partial charge in [-0.3, -0.25) is 5.43 Å². The number of anilines is 1. The topological polar surface area (TPSA) is 58.4 Å². The van der Waals surface area contributed by atoms with E-state index in [1.54, 1.807) is 30.3 Å². The molecule has 2 aliphatic rings. The largest absolute Gasteiger partial charge is 0.422 e. The Morgan fingerprint density at radius 2 is 1.73 bits per heavy atom. The third-order valence-electron chi connectivity index (χ3n) is 7.37. The lowest BCUT2D eigenvalue weighted by Crippen LogP contribution is -2.34. The zero-order chi connectivity index (χ0) is 27.2. The van der Waals surface area contributed by atoms with E-state index in [2.05, 4.69) is 11.5 Å². The quantitative estimate of drug-likeness (QED) is 0.231. The Morgan fingerprint density at radius 3 is 2.52 bits per heavy atom. The maximum atomic E-state index is 13.9. The first-order valence-corrected chi connectivity index (χ1v) is 13.9. The number of thiazole rings is 1. The van der Waals surface area contributed by atoms with Crippen LogP contribution in [0.1, 0.15) is 36.4 Å². The van der Waals surface area contributed by atoms with Crippen molar-refractivity contribution < 1.29 is 13.2 Å². The second-order valence-corrected chi connectivity index (χ2v) is 10.7. The van der Waals surface area contributed by atoms with Crippen LogP contribution in [-0.4, -0.2) is 4.98 Å². The zero-order valence-corrected chi connectivity index (χ0v) is 22.1. The van der Waals surface area contributed by atoms with E-state index < -0.39 is 5.63 Å². The highest BCUT2D eigenvalue weighted by Gasteiger charge is 2.38. The van der Waals surface area contributed by atoms with Gasteiger partial charge >= 0.3 is 5.63 Å². The molecule has 5 aromatic rings. The molecule has 0 saturated heterocycles. The predicted molar refractivity (Wildman–Crippen MR) is 154 cm³/mol. The molecular formula is C32H23F2N3O2S. The van der Waals surface area contributed by atoms with Crippen molar-refractivity contribution in [2.24, 2.45) is 0 Å². The summed E-state index contributed by atoms with van der Waals surface area (Å²) in [6.45, 7) is 0. The first kappa shape index (κ1) is 24.5. The fourth-order valence-electron chi connectivity index (χ4n) is 5.48. The average molecular weight is 552 g/mol.